The second kappa shape index (κ2) is 5.47. The summed E-state index contributed by atoms with van der Waals surface area (Å²) in [6.45, 7) is 1.06. The fourth-order valence-corrected chi connectivity index (χ4v) is 5.44. The molecule has 6 rings (SSSR count). The van der Waals surface area contributed by atoms with Crippen molar-refractivity contribution in [1.82, 2.24) is 9.88 Å². The van der Waals surface area contributed by atoms with Gasteiger partial charge in [0.05, 0.1) is 6.04 Å². The van der Waals surface area contributed by atoms with Gasteiger partial charge in [0.15, 0.2) is 0 Å². The summed E-state index contributed by atoms with van der Waals surface area (Å²) in [4.78, 5) is 7.75. The number of rotatable bonds is 1. The van der Waals surface area contributed by atoms with E-state index in [-0.39, 0.29) is 12.2 Å². The van der Waals surface area contributed by atoms with Crippen molar-refractivity contribution < 1.29 is 0 Å². The standard InChI is InChI=1S/C22H19N3S/c1-3-8-17-14(6-1)15-11-12-25-21(20(15)23-17)16-7-2-4-9-18(16)24-22(25)19-10-5-13-26-19/h1-10,13,21-24H,11-12H2/t21-,22-/m1/s1. The van der Waals surface area contributed by atoms with Gasteiger partial charge < -0.3 is 10.3 Å². The number of nitrogens with zero attached hydrogens (tertiary/aromatic N) is 1. The smallest absolute Gasteiger partial charge is 0.116 e. The zero-order valence-electron chi connectivity index (χ0n) is 14.3. The molecule has 4 aromatic rings. The molecule has 0 spiro atoms. The van der Waals surface area contributed by atoms with Gasteiger partial charge in [-0.25, -0.2) is 0 Å². The van der Waals surface area contributed by atoms with Gasteiger partial charge in [-0.2, -0.15) is 0 Å². The van der Waals surface area contributed by atoms with E-state index in [4.69, 9.17) is 0 Å². The van der Waals surface area contributed by atoms with Gasteiger partial charge in [0, 0.05) is 33.7 Å². The highest BCUT2D eigenvalue weighted by Crippen LogP contribution is 2.48. The van der Waals surface area contributed by atoms with Gasteiger partial charge in [0.25, 0.3) is 0 Å². The minimum Gasteiger partial charge on any atom is -0.365 e. The molecule has 4 heterocycles. The van der Waals surface area contributed by atoms with Crippen LogP contribution in [0.15, 0.2) is 66.0 Å². The summed E-state index contributed by atoms with van der Waals surface area (Å²) < 4.78 is 0. The minimum atomic E-state index is 0.231. The Kier molecular flexibility index (Phi) is 3.07. The molecule has 2 aromatic carbocycles. The summed E-state index contributed by atoms with van der Waals surface area (Å²) in [6.07, 6.45) is 1.32. The predicted octanol–water partition coefficient (Wildman–Crippen LogP) is 5.30. The van der Waals surface area contributed by atoms with Crippen LogP contribution in [0.3, 0.4) is 0 Å². The SMILES string of the molecule is c1csc([C@@H]2Nc3ccccc3[C@@H]3c4[nH]c5ccccc5c4CCN32)c1. The summed E-state index contributed by atoms with van der Waals surface area (Å²) in [5, 5.41) is 7.34. The molecule has 2 aromatic heterocycles. The lowest BCUT2D eigenvalue weighted by Crippen LogP contribution is -2.44. The zero-order chi connectivity index (χ0) is 17.1. The average molecular weight is 357 g/mol. The Labute approximate surface area is 156 Å². The first-order valence-electron chi connectivity index (χ1n) is 9.14. The third kappa shape index (κ3) is 1.97. The number of anilines is 1. The Morgan fingerprint density at radius 3 is 2.77 bits per heavy atom. The summed E-state index contributed by atoms with van der Waals surface area (Å²) >= 11 is 1.83. The molecule has 0 saturated heterocycles. The molecule has 4 heteroatoms. The number of hydrogen-bond donors (Lipinski definition) is 2. The average Bonchev–Trinajstić information content (AvgIpc) is 3.34. The molecule has 0 bridgehead atoms. The Morgan fingerprint density at radius 2 is 1.85 bits per heavy atom. The lowest BCUT2D eigenvalue weighted by atomic mass is 9.89. The van der Waals surface area contributed by atoms with Gasteiger partial charge in [0.1, 0.15) is 6.17 Å². The van der Waals surface area contributed by atoms with Crippen molar-refractivity contribution in [2.24, 2.45) is 0 Å². The number of aromatic amines is 1. The highest BCUT2D eigenvalue weighted by atomic mass is 32.1. The van der Waals surface area contributed by atoms with Crippen LogP contribution >= 0.6 is 11.3 Å². The van der Waals surface area contributed by atoms with Gasteiger partial charge in [-0.3, -0.25) is 4.90 Å². The van der Waals surface area contributed by atoms with Crippen molar-refractivity contribution >= 4 is 27.9 Å². The van der Waals surface area contributed by atoms with E-state index in [2.05, 4.69) is 81.2 Å². The minimum absolute atomic E-state index is 0.231. The van der Waals surface area contributed by atoms with E-state index in [1.54, 1.807) is 0 Å². The number of thiophene rings is 1. The molecule has 0 aliphatic carbocycles. The second-order valence-corrected chi connectivity index (χ2v) is 8.08. The van der Waals surface area contributed by atoms with Crippen LogP contribution in [0.1, 0.15) is 33.9 Å². The molecule has 3 nitrogen and oxygen atoms in total. The molecule has 0 unspecified atom stereocenters. The number of hydrogen-bond acceptors (Lipinski definition) is 3. The summed E-state index contributed by atoms with van der Waals surface area (Å²) in [7, 11) is 0. The van der Waals surface area contributed by atoms with Crippen molar-refractivity contribution in [3.63, 3.8) is 0 Å². The third-order valence-electron chi connectivity index (χ3n) is 5.76. The van der Waals surface area contributed by atoms with E-state index in [1.165, 1.54) is 38.3 Å². The Hall–Kier alpha value is -2.56. The molecular weight excluding hydrogens is 338 g/mol. The number of benzene rings is 2. The van der Waals surface area contributed by atoms with Gasteiger partial charge in [0.2, 0.25) is 0 Å². The number of fused-ring (bicyclic) bond motifs is 7. The van der Waals surface area contributed by atoms with Crippen LogP contribution in [0.5, 0.6) is 0 Å². The normalized spacial score (nSPS) is 21.7. The fourth-order valence-electron chi connectivity index (χ4n) is 4.65. The summed E-state index contributed by atoms with van der Waals surface area (Å²) in [5.74, 6) is 0. The molecule has 2 N–H and O–H groups in total. The van der Waals surface area contributed by atoms with E-state index in [0.29, 0.717) is 0 Å². The first kappa shape index (κ1) is 14.6. The lowest BCUT2D eigenvalue weighted by molar-refractivity contribution is 0.154. The molecule has 26 heavy (non-hydrogen) atoms. The predicted molar refractivity (Wildman–Crippen MR) is 108 cm³/mol. The highest BCUT2D eigenvalue weighted by molar-refractivity contribution is 7.10. The molecule has 128 valence electrons. The van der Waals surface area contributed by atoms with Crippen LogP contribution in [0.2, 0.25) is 0 Å². The van der Waals surface area contributed by atoms with Crippen molar-refractivity contribution in [3.8, 4) is 0 Å². The van der Waals surface area contributed by atoms with Gasteiger partial charge in [-0.15, -0.1) is 11.3 Å². The van der Waals surface area contributed by atoms with Crippen molar-refractivity contribution in [2.45, 2.75) is 18.6 Å². The highest BCUT2D eigenvalue weighted by Gasteiger charge is 2.40. The molecule has 2 atom stereocenters. The number of aromatic nitrogens is 1. The molecule has 0 fully saturated rings. The first-order chi connectivity index (χ1) is 12.9. The lowest BCUT2D eigenvalue weighted by Gasteiger charge is -2.46. The zero-order valence-corrected chi connectivity index (χ0v) is 15.1. The number of para-hydroxylation sites is 2. The van der Waals surface area contributed by atoms with E-state index in [9.17, 15) is 0 Å². The maximum Gasteiger partial charge on any atom is 0.116 e. The quantitative estimate of drug-likeness (QED) is 0.484. The molecular formula is C22H19N3S. The van der Waals surface area contributed by atoms with Crippen LogP contribution in [0, 0.1) is 0 Å². The van der Waals surface area contributed by atoms with E-state index >= 15 is 0 Å². The third-order valence-corrected chi connectivity index (χ3v) is 6.69. The topological polar surface area (TPSA) is 31.1 Å². The monoisotopic (exact) mass is 357 g/mol. The van der Waals surface area contributed by atoms with Crippen LogP contribution < -0.4 is 5.32 Å². The van der Waals surface area contributed by atoms with E-state index in [0.717, 1.165) is 13.0 Å². The van der Waals surface area contributed by atoms with E-state index in [1.807, 2.05) is 11.3 Å². The van der Waals surface area contributed by atoms with Gasteiger partial charge in [-0.1, -0.05) is 42.5 Å². The molecule has 0 radical (unpaired) electrons. The number of H-pyrrole nitrogens is 1. The van der Waals surface area contributed by atoms with Crippen LogP contribution in [0.25, 0.3) is 10.9 Å². The molecule has 2 aliphatic rings. The summed E-state index contributed by atoms with van der Waals surface area (Å²) in [5.41, 5.74) is 6.73. The fraction of sp³-hybridized carbons (Fsp3) is 0.182. The molecule has 0 amide bonds. The largest absolute Gasteiger partial charge is 0.365 e. The Balaban J connectivity index is 1.59. The maximum absolute atomic E-state index is 3.79. The van der Waals surface area contributed by atoms with Crippen LogP contribution in [-0.4, -0.2) is 16.4 Å². The molecule has 2 aliphatic heterocycles. The van der Waals surface area contributed by atoms with E-state index < -0.39 is 0 Å². The number of nitrogens with one attached hydrogen (secondary N) is 2. The second-order valence-electron chi connectivity index (χ2n) is 7.10. The van der Waals surface area contributed by atoms with Crippen molar-refractivity contribution in [3.05, 3.63) is 87.7 Å². The van der Waals surface area contributed by atoms with Crippen molar-refractivity contribution in [1.29, 1.82) is 0 Å². The molecule has 0 saturated carbocycles. The van der Waals surface area contributed by atoms with Crippen LogP contribution in [0.4, 0.5) is 5.69 Å². The van der Waals surface area contributed by atoms with Gasteiger partial charge in [-0.05, 0) is 41.1 Å². The Bertz CT molecular complexity index is 1100. The maximum atomic E-state index is 3.79. The van der Waals surface area contributed by atoms with Crippen LogP contribution in [-0.2, 0) is 6.42 Å². The van der Waals surface area contributed by atoms with Crippen molar-refractivity contribution in [2.75, 3.05) is 11.9 Å². The first-order valence-corrected chi connectivity index (χ1v) is 10.0. The Morgan fingerprint density at radius 1 is 0.962 bits per heavy atom. The summed E-state index contributed by atoms with van der Waals surface area (Å²) in [6, 6.07) is 22.1. The van der Waals surface area contributed by atoms with Gasteiger partial charge >= 0.3 is 0 Å².